The highest BCUT2D eigenvalue weighted by Gasteiger charge is 2.12. The Morgan fingerprint density at radius 2 is 1.85 bits per heavy atom. The van der Waals surface area contributed by atoms with E-state index in [1.807, 2.05) is 0 Å². The Bertz CT molecular complexity index is 161. The number of ether oxygens (including phenoxy) is 1. The predicted octanol–water partition coefficient (Wildman–Crippen LogP) is 2.81. The summed E-state index contributed by atoms with van der Waals surface area (Å²) in [5.74, 6) is 0. The van der Waals surface area contributed by atoms with Crippen LogP contribution in [0.5, 0.6) is 0 Å². The van der Waals surface area contributed by atoms with Crippen molar-refractivity contribution >= 4 is 22.0 Å². The van der Waals surface area contributed by atoms with Gasteiger partial charge in [0, 0.05) is 4.83 Å². The molecule has 0 aromatic carbocycles. The average molecular weight is 252 g/mol. The van der Waals surface area contributed by atoms with Crippen LogP contribution in [0.1, 0.15) is 40.0 Å². The summed E-state index contributed by atoms with van der Waals surface area (Å²) in [7, 11) is 0. The van der Waals surface area contributed by atoms with Gasteiger partial charge >= 0.3 is 6.09 Å². The zero-order valence-corrected chi connectivity index (χ0v) is 10.1. The quantitative estimate of drug-likeness (QED) is 0.674. The molecule has 1 amide bonds. The summed E-state index contributed by atoms with van der Waals surface area (Å²) in [5, 5.41) is 0. The molecule has 1 aliphatic rings. The van der Waals surface area contributed by atoms with Gasteiger partial charge in [-0.3, -0.25) is 0 Å². The van der Waals surface area contributed by atoms with E-state index in [9.17, 15) is 4.79 Å². The van der Waals surface area contributed by atoms with E-state index >= 15 is 0 Å². The van der Waals surface area contributed by atoms with Gasteiger partial charge in [-0.2, -0.15) is 0 Å². The van der Waals surface area contributed by atoms with E-state index in [0.717, 1.165) is 4.83 Å². The van der Waals surface area contributed by atoms with Crippen LogP contribution < -0.4 is 5.73 Å². The maximum atomic E-state index is 10.0. The Balaban J connectivity index is 0.000000243. The van der Waals surface area contributed by atoms with Gasteiger partial charge in [0.15, 0.2) is 0 Å². The standard InChI is InChI=1S/C5H11NO2.C4H7Br/c1-5(2,3)8-4(6)7;5-4-2-1-3-4/h1-3H3,(H2,6,7);4H,1-3H2. The van der Waals surface area contributed by atoms with Crippen molar-refractivity contribution in [1.82, 2.24) is 0 Å². The highest BCUT2D eigenvalue weighted by molar-refractivity contribution is 9.09. The number of carbonyl (C=O) groups excluding carboxylic acids is 1. The van der Waals surface area contributed by atoms with E-state index in [4.69, 9.17) is 5.73 Å². The Morgan fingerprint density at radius 1 is 1.46 bits per heavy atom. The number of primary amides is 1. The molecule has 1 saturated carbocycles. The van der Waals surface area contributed by atoms with Crippen LogP contribution >= 0.6 is 15.9 Å². The molecule has 0 atom stereocenters. The van der Waals surface area contributed by atoms with Gasteiger partial charge in [-0.05, 0) is 33.6 Å². The van der Waals surface area contributed by atoms with Gasteiger partial charge in [-0.1, -0.05) is 22.4 Å². The number of hydrogen-bond donors (Lipinski definition) is 1. The number of nitrogens with two attached hydrogens (primary N) is 1. The van der Waals surface area contributed by atoms with Crippen molar-refractivity contribution in [2.75, 3.05) is 0 Å². The minimum atomic E-state index is -0.725. The van der Waals surface area contributed by atoms with Crippen molar-refractivity contribution in [3.05, 3.63) is 0 Å². The Morgan fingerprint density at radius 3 is 1.85 bits per heavy atom. The van der Waals surface area contributed by atoms with Gasteiger partial charge in [0.25, 0.3) is 0 Å². The van der Waals surface area contributed by atoms with Crippen molar-refractivity contribution in [3.63, 3.8) is 0 Å². The van der Waals surface area contributed by atoms with Crippen LogP contribution in [0.15, 0.2) is 0 Å². The summed E-state index contributed by atoms with van der Waals surface area (Å²) < 4.78 is 4.58. The molecule has 0 bridgehead atoms. The van der Waals surface area contributed by atoms with Crippen molar-refractivity contribution < 1.29 is 9.53 Å². The first-order chi connectivity index (χ1) is 5.81. The first-order valence-electron chi connectivity index (χ1n) is 4.44. The number of hydrogen-bond acceptors (Lipinski definition) is 2. The molecule has 0 aliphatic heterocycles. The lowest BCUT2D eigenvalue weighted by Crippen LogP contribution is -2.27. The molecule has 3 nitrogen and oxygen atoms in total. The molecule has 1 fully saturated rings. The summed E-state index contributed by atoms with van der Waals surface area (Å²) in [6.07, 6.45) is 3.52. The third-order valence-corrected chi connectivity index (χ3v) is 2.36. The normalized spacial score (nSPS) is 16.6. The van der Waals surface area contributed by atoms with Crippen molar-refractivity contribution in [2.45, 2.75) is 50.5 Å². The highest BCUT2D eigenvalue weighted by Crippen LogP contribution is 2.25. The third-order valence-electron chi connectivity index (χ3n) is 1.44. The van der Waals surface area contributed by atoms with Crippen LogP contribution in [-0.4, -0.2) is 16.5 Å². The van der Waals surface area contributed by atoms with Gasteiger partial charge in [-0.15, -0.1) is 0 Å². The number of carbonyl (C=O) groups is 1. The van der Waals surface area contributed by atoms with Gasteiger partial charge < -0.3 is 10.5 Å². The topological polar surface area (TPSA) is 52.3 Å². The van der Waals surface area contributed by atoms with Gasteiger partial charge in [0.2, 0.25) is 0 Å². The SMILES string of the molecule is BrC1CCC1.CC(C)(C)OC(N)=O. The second-order valence-electron chi connectivity index (χ2n) is 4.06. The molecule has 1 aliphatic carbocycles. The molecule has 2 N–H and O–H groups in total. The lowest BCUT2D eigenvalue weighted by molar-refractivity contribution is 0.0600. The smallest absolute Gasteiger partial charge is 0.405 e. The zero-order chi connectivity index (χ0) is 10.5. The lowest BCUT2D eigenvalue weighted by Gasteiger charge is -2.16. The van der Waals surface area contributed by atoms with Crippen molar-refractivity contribution in [2.24, 2.45) is 5.73 Å². The molecule has 0 aromatic rings. The number of rotatable bonds is 0. The Kier molecular flexibility index (Phi) is 5.37. The van der Waals surface area contributed by atoms with Crippen LogP contribution in [0.3, 0.4) is 0 Å². The first-order valence-corrected chi connectivity index (χ1v) is 5.35. The molecule has 78 valence electrons. The van der Waals surface area contributed by atoms with Gasteiger partial charge in [0.05, 0.1) is 0 Å². The monoisotopic (exact) mass is 251 g/mol. The number of alkyl halides is 1. The zero-order valence-electron chi connectivity index (χ0n) is 8.47. The number of halogens is 1. The minimum absolute atomic E-state index is 0.453. The van der Waals surface area contributed by atoms with E-state index in [0.29, 0.717) is 0 Å². The summed E-state index contributed by atoms with van der Waals surface area (Å²) in [6, 6.07) is 0. The Labute approximate surface area is 88.1 Å². The molecule has 0 unspecified atom stereocenters. The molecular formula is C9H18BrNO2. The second-order valence-corrected chi connectivity index (χ2v) is 5.36. The summed E-state index contributed by atoms with van der Waals surface area (Å²) in [4.78, 5) is 10.9. The molecule has 4 heteroatoms. The van der Waals surface area contributed by atoms with Gasteiger partial charge in [-0.25, -0.2) is 4.79 Å². The molecule has 1 rings (SSSR count). The fourth-order valence-corrected chi connectivity index (χ4v) is 1.31. The number of amides is 1. The van der Waals surface area contributed by atoms with E-state index in [1.165, 1.54) is 19.3 Å². The largest absolute Gasteiger partial charge is 0.444 e. The van der Waals surface area contributed by atoms with E-state index < -0.39 is 11.7 Å². The van der Waals surface area contributed by atoms with Gasteiger partial charge in [0.1, 0.15) is 5.60 Å². The van der Waals surface area contributed by atoms with Crippen LogP contribution in [0.2, 0.25) is 0 Å². The molecule has 0 radical (unpaired) electrons. The van der Waals surface area contributed by atoms with Crippen molar-refractivity contribution in [3.8, 4) is 0 Å². The molecule has 0 saturated heterocycles. The minimum Gasteiger partial charge on any atom is -0.444 e. The average Bonchev–Trinajstić information content (AvgIpc) is 1.78. The Hall–Kier alpha value is -0.250. The lowest BCUT2D eigenvalue weighted by atomic mass is 10.0. The fraction of sp³-hybridized carbons (Fsp3) is 0.889. The van der Waals surface area contributed by atoms with E-state index in [-0.39, 0.29) is 0 Å². The molecule has 0 aromatic heterocycles. The predicted molar refractivity (Wildman–Crippen MR) is 57.0 cm³/mol. The summed E-state index contributed by atoms with van der Waals surface area (Å²) >= 11 is 3.46. The third kappa shape index (κ3) is 9.67. The van der Waals surface area contributed by atoms with E-state index in [2.05, 4.69) is 20.7 Å². The molecular weight excluding hydrogens is 234 g/mol. The maximum Gasteiger partial charge on any atom is 0.405 e. The molecule has 0 spiro atoms. The van der Waals surface area contributed by atoms with Crippen LogP contribution in [-0.2, 0) is 4.74 Å². The van der Waals surface area contributed by atoms with Crippen molar-refractivity contribution in [1.29, 1.82) is 0 Å². The fourth-order valence-electron chi connectivity index (χ4n) is 0.660. The highest BCUT2D eigenvalue weighted by atomic mass is 79.9. The first kappa shape index (κ1) is 12.8. The van der Waals surface area contributed by atoms with Crippen LogP contribution in [0, 0.1) is 0 Å². The summed E-state index contributed by atoms with van der Waals surface area (Å²) in [5.41, 5.74) is 4.26. The molecule has 13 heavy (non-hydrogen) atoms. The maximum absolute atomic E-state index is 10.0. The van der Waals surface area contributed by atoms with Crippen LogP contribution in [0.25, 0.3) is 0 Å². The van der Waals surface area contributed by atoms with Crippen LogP contribution in [0.4, 0.5) is 4.79 Å². The second kappa shape index (κ2) is 5.47. The summed E-state index contributed by atoms with van der Waals surface area (Å²) in [6.45, 7) is 5.28. The molecule has 0 heterocycles. The van der Waals surface area contributed by atoms with E-state index in [1.54, 1.807) is 20.8 Å².